The molecule has 0 radical (unpaired) electrons. The zero-order valence-corrected chi connectivity index (χ0v) is 11.3. The van der Waals surface area contributed by atoms with Crippen LogP contribution in [0.15, 0.2) is 0 Å². The molecule has 1 aromatic heterocycles. The number of hydrogen-bond acceptors (Lipinski definition) is 5. The summed E-state index contributed by atoms with van der Waals surface area (Å²) >= 11 is 0. The van der Waals surface area contributed by atoms with Crippen LogP contribution < -0.4 is 4.90 Å². The number of likely N-dealkylation sites (N-methyl/N-ethyl adjacent to an activating group) is 1. The Kier molecular flexibility index (Phi) is 4.66. The maximum atomic E-state index is 11.2. The van der Waals surface area contributed by atoms with Crippen LogP contribution in [0.4, 0.5) is 11.5 Å². The van der Waals surface area contributed by atoms with Crippen molar-refractivity contribution in [3.63, 3.8) is 0 Å². The summed E-state index contributed by atoms with van der Waals surface area (Å²) in [5.41, 5.74) is 0.542. The second-order valence-corrected chi connectivity index (χ2v) is 4.48. The van der Waals surface area contributed by atoms with Gasteiger partial charge < -0.3 is 10.0 Å². The molecular formula is C11H20N4O3. The molecule has 0 aliphatic carbocycles. The van der Waals surface area contributed by atoms with E-state index in [0.717, 1.165) is 6.42 Å². The fraction of sp³-hybridized carbons (Fsp3) is 0.727. The lowest BCUT2D eigenvalue weighted by Crippen LogP contribution is -2.29. The van der Waals surface area contributed by atoms with Gasteiger partial charge in [-0.1, -0.05) is 13.3 Å². The van der Waals surface area contributed by atoms with Gasteiger partial charge in [-0.3, -0.25) is 10.1 Å². The van der Waals surface area contributed by atoms with E-state index in [4.69, 9.17) is 0 Å². The smallest absolute Gasteiger partial charge is 0.334 e. The predicted octanol–water partition coefficient (Wildman–Crippen LogP) is 1.10. The van der Waals surface area contributed by atoms with Crippen LogP contribution in [0.1, 0.15) is 26.0 Å². The van der Waals surface area contributed by atoms with Gasteiger partial charge in [-0.2, -0.15) is 5.10 Å². The minimum absolute atomic E-state index is 0.0440. The van der Waals surface area contributed by atoms with Gasteiger partial charge in [0.1, 0.15) is 5.69 Å². The van der Waals surface area contributed by atoms with Crippen molar-refractivity contribution in [2.45, 2.75) is 32.8 Å². The third-order valence-corrected chi connectivity index (χ3v) is 2.63. The van der Waals surface area contributed by atoms with Crippen LogP contribution >= 0.6 is 0 Å². The Bertz CT molecular complexity index is 428. The Hall–Kier alpha value is -1.63. The zero-order valence-electron chi connectivity index (χ0n) is 11.3. The van der Waals surface area contributed by atoms with Crippen LogP contribution in [0.2, 0.25) is 0 Å². The van der Waals surface area contributed by atoms with Gasteiger partial charge in [0, 0.05) is 20.6 Å². The largest absolute Gasteiger partial charge is 0.392 e. The summed E-state index contributed by atoms with van der Waals surface area (Å²) in [4.78, 5) is 12.4. The molecule has 0 saturated carbocycles. The number of nitro groups is 1. The van der Waals surface area contributed by atoms with E-state index in [1.807, 2.05) is 6.92 Å². The Morgan fingerprint density at radius 1 is 1.61 bits per heavy atom. The average molecular weight is 256 g/mol. The number of hydrogen-bond donors (Lipinski definition) is 1. The minimum atomic E-state index is -0.556. The van der Waals surface area contributed by atoms with Crippen LogP contribution in [-0.2, 0) is 13.5 Å². The van der Waals surface area contributed by atoms with Gasteiger partial charge in [-0.25, -0.2) is 4.68 Å². The molecule has 0 aliphatic heterocycles. The highest BCUT2D eigenvalue weighted by Crippen LogP contribution is 2.31. The van der Waals surface area contributed by atoms with Crippen LogP contribution in [0.3, 0.4) is 0 Å². The second kappa shape index (κ2) is 5.81. The number of aliphatic hydroxyl groups is 1. The molecule has 102 valence electrons. The summed E-state index contributed by atoms with van der Waals surface area (Å²) in [5.74, 6) is 0.435. The van der Waals surface area contributed by atoms with Crippen molar-refractivity contribution in [3.05, 3.63) is 15.8 Å². The van der Waals surface area contributed by atoms with Crippen molar-refractivity contribution in [2.24, 2.45) is 7.05 Å². The number of aliphatic hydroxyl groups excluding tert-OH is 1. The molecule has 1 unspecified atom stereocenters. The first-order valence-corrected chi connectivity index (χ1v) is 5.97. The van der Waals surface area contributed by atoms with Crippen LogP contribution in [0.5, 0.6) is 0 Å². The van der Waals surface area contributed by atoms with E-state index in [9.17, 15) is 15.2 Å². The first-order chi connectivity index (χ1) is 8.38. The molecular weight excluding hydrogens is 236 g/mol. The SMILES string of the molecule is CCCc1nn(C)c(N(C)CC(C)O)c1[N+](=O)[O-]. The van der Waals surface area contributed by atoms with E-state index >= 15 is 0 Å². The molecule has 0 bridgehead atoms. The van der Waals surface area contributed by atoms with E-state index in [1.54, 1.807) is 25.9 Å². The third-order valence-electron chi connectivity index (χ3n) is 2.63. The summed E-state index contributed by atoms with van der Waals surface area (Å²) in [6, 6.07) is 0. The number of anilines is 1. The van der Waals surface area contributed by atoms with Gasteiger partial charge in [0.2, 0.25) is 5.82 Å². The van der Waals surface area contributed by atoms with Gasteiger partial charge in [-0.05, 0) is 13.3 Å². The molecule has 1 heterocycles. The van der Waals surface area contributed by atoms with Crippen LogP contribution in [0, 0.1) is 10.1 Å². The maximum absolute atomic E-state index is 11.2. The summed E-state index contributed by atoms with van der Waals surface area (Å²) in [6.07, 6.45) is 0.823. The van der Waals surface area contributed by atoms with Crippen molar-refractivity contribution in [2.75, 3.05) is 18.5 Å². The first-order valence-electron chi connectivity index (χ1n) is 5.97. The van der Waals surface area contributed by atoms with Gasteiger partial charge in [0.25, 0.3) is 0 Å². The molecule has 7 nitrogen and oxygen atoms in total. The molecule has 7 heteroatoms. The van der Waals surface area contributed by atoms with Crippen molar-refractivity contribution >= 4 is 11.5 Å². The zero-order chi connectivity index (χ0) is 13.9. The molecule has 0 spiro atoms. The maximum Gasteiger partial charge on any atom is 0.334 e. The van der Waals surface area contributed by atoms with E-state index in [-0.39, 0.29) is 5.69 Å². The quantitative estimate of drug-likeness (QED) is 0.608. The summed E-state index contributed by atoms with van der Waals surface area (Å²) in [7, 11) is 3.40. The fourth-order valence-corrected chi connectivity index (χ4v) is 2.06. The Balaban J connectivity index is 3.20. The Labute approximate surface area is 106 Å². The topological polar surface area (TPSA) is 84.4 Å². The van der Waals surface area contributed by atoms with Crippen LogP contribution in [-0.4, -0.2) is 39.5 Å². The lowest BCUT2D eigenvalue weighted by Gasteiger charge is -2.19. The van der Waals surface area contributed by atoms with Crippen molar-refractivity contribution in [3.8, 4) is 0 Å². The number of aryl methyl sites for hydroxylation is 2. The van der Waals surface area contributed by atoms with E-state index in [2.05, 4.69) is 5.10 Å². The molecule has 0 aliphatic rings. The second-order valence-electron chi connectivity index (χ2n) is 4.48. The summed E-state index contributed by atoms with van der Waals surface area (Å²) in [5, 5.41) is 24.8. The van der Waals surface area contributed by atoms with Gasteiger partial charge in [0.05, 0.1) is 11.0 Å². The standard InChI is InChI=1S/C11H20N4O3/c1-5-6-9-10(15(17)18)11(14(4)12-9)13(3)7-8(2)16/h8,16H,5-7H2,1-4H3. The Morgan fingerprint density at radius 2 is 2.22 bits per heavy atom. The van der Waals surface area contributed by atoms with Gasteiger partial charge in [-0.15, -0.1) is 0 Å². The van der Waals surface area contributed by atoms with E-state index < -0.39 is 11.0 Å². The van der Waals surface area contributed by atoms with Crippen molar-refractivity contribution in [1.82, 2.24) is 9.78 Å². The molecule has 1 rings (SSSR count). The molecule has 1 atom stereocenters. The molecule has 0 fully saturated rings. The Morgan fingerprint density at radius 3 is 2.67 bits per heavy atom. The molecule has 18 heavy (non-hydrogen) atoms. The summed E-state index contributed by atoms with van der Waals surface area (Å²) < 4.78 is 1.51. The molecule has 1 N–H and O–H groups in total. The summed E-state index contributed by atoms with van der Waals surface area (Å²) in [6.45, 7) is 3.93. The lowest BCUT2D eigenvalue weighted by molar-refractivity contribution is -0.384. The molecule has 0 amide bonds. The van der Waals surface area contributed by atoms with Crippen molar-refractivity contribution in [1.29, 1.82) is 0 Å². The van der Waals surface area contributed by atoms with E-state index in [1.165, 1.54) is 4.68 Å². The van der Waals surface area contributed by atoms with Crippen LogP contribution in [0.25, 0.3) is 0 Å². The number of rotatable bonds is 6. The highest BCUT2D eigenvalue weighted by Gasteiger charge is 2.28. The first kappa shape index (κ1) is 14.4. The predicted molar refractivity (Wildman–Crippen MR) is 68.8 cm³/mol. The fourth-order valence-electron chi connectivity index (χ4n) is 2.06. The highest BCUT2D eigenvalue weighted by molar-refractivity contribution is 5.61. The van der Waals surface area contributed by atoms with Gasteiger partial charge >= 0.3 is 5.69 Å². The number of aromatic nitrogens is 2. The van der Waals surface area contributed by atoms with E-state index in [0.29, 0.717) is 24.5 Å². The average Bonchev–Trinajstić information content (AvgIpc) is 2.54. The lowest BCUT2D eigenvalue weighted by atomic mass is 10.2. The number of nitrogens with zero attached hydrogens (tertiary/aromatic N) is 4. The van der Waals surface area contributed by atoms with Gasteiger partial charge in [0.15, 0.2) is 0 Å². The monoisotopic (exact) mass is 256 g/mol. The molecule has 1 aromatic rings. The normalized spacial score (nSPS) is 12.5. The highest BCUT2D eigenvalue weighted by atomic mass is 16.6. The molecule has 0 saturated heterocycles. The van der Waals surface area contributed by atoms with Crippen molar-refractivity contribution < 1.29 is 10.0 Å². The third kappa shape index (κ3) is 2.98. The minimum Gasteiger partial charge on any atom is -0.392 e. The molecule has 0 aromatic carbocycles.